The topological polar surface area (TPSA) is 117 Å². The number of fused-ring (bicyclic) bond motifs is 3. The minimum absolute atomic E-state index is 0.0887. The van der Waals surface area contributed by atoms with E-state index in [0.717, 1.165) is 44.5 Å². The molecule has 0 radical (unpaired) electrons. The summed E-state index contributed by atoms with van der Waals surface area (Å²) in [5.41, 5.74) is 7.83. The Bertz CT molecular complexity index is 2110. The van der Waals surface area contributed by atoms with Gasteiger partial charge in [-0.25, -0.2) is 9.59 Å². The molecule has 0 fully saturated rings. The van der Waals surface area contributed by atoms with Crippen LogP contribution in [-0.4, -0.2) is 48.3 Å². The van der Waals surface area contributed by atoms with E-state index in [9.17, 15) is 19.5 Å². The standard InChI is InChI=1S/C49H47N3O5/c53-46(45(33-35-19-5-1-6-20-35)52-48(56)57-34-43-41-29-15-13-27-39(41)40-28-14-16-30-42(40)43)51-44(47(54)55)31-17-18-32-50-49(36-21-7-2-8-22-36,37-23-9-3-10-24-37)38-25-11-4-12-26-38/h1-16,19-30,43-45,50H,17-18,31-34H2,(H,51,53)(H,52,56)(H,54,55). The van der Waals surface area contributed by atoms with Crippen LogP contribution in [0.5, 0.6) is 0 Å². The lowest BCUT2D eigenvalue weighted by molar-refractivity contribution is -0.142. The van der Waals surface area contributed by atoms with Gasteiger partial charge in [0.2, 0.25) is 5.91 Å². The lowest BCUT2D eigenvalue weighted by Gasteiger charge is -2.37. The summed E-state index contributed by atoms with van der Waals surface area (Å²) >= 11 is 0. The van der Waals surface area contributed by atoms with Gasteiger partial charge in [-0.3, -0.25) is 10.1 Å². The molecule has 2 amide bonds. The third-order valence-corrected chi connectivity index (χ3v) is 10.8. The van der Waals surface area contributed by atoms with Crippen molar-refractivity contribution in [3.8, 4) is 11.1 Å². The maximum absolute atomic E-state index is 13.8. The van der Waals surface area contributed by atoms with Crippen molar-refractivity contribution in [3.05, 3.63) is 203 Å². The van der Waals surface area contributed by atoms with Crippen LogP contribution in [0.3, 0.4) is 0 Å². The molecule has 1 aliphatic carbocycles. The van der Waals surface area contributed by atoms with E-state index in [1.54, 1.807) is 0 Å². The van der Waals surface area contributed by atoms with E-state index in [-0.39, 0.29) is 25.4 Å². The zero-order valence-corrected chi connectivity index (χ0v) is 31.7. The molecule has 0 aromatic heterocycles. The highest BCUT2D eigenvalue weighted by atomic mass is 16.5. The van der Waals surface area contributed by atoms with Crippen molar-refractivity contribution in [1.29, 1.82) is 0 Å². The lowest BCUT2D eigenvalue weighted by atomic mass is 9.77. The molecule has 0 saturated heterocycles. The first-order valence-electron chi connectivity index (χ1n) is 19.5. The number of amides is 2. The molecule has 4 N–H and O–H groups in total. The van der Waals surface area contributed by atoms with E-state index in [1.165, 1.54) is 0 Å². The Morgan fingerprint density at radius 3 is 1.56 bits per heavy atom. The van der Waals surface area contributed by atoms with Crippen LogP contribution in [0.1, 0.15) is 58.6 Å². The van der Waals surface area contributed by atoms with E-state index in [1.807, 2.05) is 121 Å². The zero-order valence-electron chi connectivity index (χ0n) is 31.7. The molecule has 1 aliphatic rings. The van der Waals surface area contributed by atoms with E-state index < -0.39 is 35.6 Å². The van der Waals surface area contributed by atoms with Crippen molar-refractivity contribution in [2.75, 3.05) is 13.2 Å². The number of carboxylic acid groups (broad SMARTS) is 1. The molecule has 2 atom stereocenters. The van der Waals surface area contributed by atoms with Gasteiger partial charge in [-0.15, -0.1) is 0 Å². The molecule has 7 rings (SSSR count). The summed E-state index contributed by atoms with van der Waals surface area (Å²) in [6, 6.07) is 54.2. The summed E-state index contributed by atoms with van der Waals surface area (Å²) in [4.78, 5) is 39.7. The number of aliphatic carboxylic acids is 1. The fraction of sp³-hybridized carbons (Fsp3) is 0.204. The molecule has 0 heterocycles. The first kappa shape index (κ1) is 38.8. The second-order valence-corrected chi connectivity index (χ2v) is 14.4. The highest BCUT2D eigenvalue weighted by Crippen LogP contribution is 2.44. The van der Waals surface area contributed by atoms with Crippen LogP contribution >= 0.6 is 0 Å². The van der Waals surface area contributed by atoms with Gasteiger partial charge in [0.25, 0.3) is 0 Å². The fourth-order valence-corrected chi connectivity index (χ4v) is 7.99. The van der Waals surface area contributed by atoms with Crippen LogP contribution in [0.15, 0.2) is 170 Å². The molecule has 0 saturated carbocycles. The highest BCUT2D eigenvalue weighted by Gasteiger charge is 2.36. The second-order valence-electron chi connectivity index (χ2n) is 14.4. The molecule has 0 aliphatic heterocycles. The average Bonchev–Trinajstić information content (AvgIpc) is 3.58. The predicted octanol–water partition coefficient (Wildman–Crippen LogP) is 8.46. The number of unbranched alkanes of at least 4 members (excludes halogenated alkanes) is 1. The van der Waals surface area contributed by atoms with Crippen molar-refractivity contribution in [1.82, 2.24) is 16.0 Å². The number of rotatable bonds is 17. The molecular formula is C49H47N3O5. The number of carbonyl (C=O) groups is 3. The number of hydrogen-bond acceptors (Lipinski definition) is 5. The smallest absolute Gasteiger partial charge is 0.407 e. The predicted molar refractivity (Wildman–Crippen MR) is 223 cm³/mol. The first-order valence-corrected chi connectivity index (χ1v) is 19.5. The van der Waals surface area contributed by atoms with Gasteiger partial charge in [0.05, 0.1) is 5.54 Å². The summed E-state index contributed by atoms with van der Waals surface area (Å²) in [5.74, 6) is -1.87. The first-order chi connectivity index (χ1) is 27.9. The molecular weight excluding hydrogens is 711 g/mol. The van der Waals surface area contributed by atoms with Gasteiger partial charge >= 0.3 is 12.1 Å². The number of nitrogens with one attached hydrogen (secondary N) is 3. The van der Waals surface area contributed by atoms with Gasteiger partial charge in [0.15, 0.2) is 0 Å². The monoisotopic (exact) mass is 757 g/mol. The molecule has 2 unspecified atom stereocenters. The number of hydrogen-bond donors (Lipinski definition) is 4. The molecule has 0 spiro atoms. The molecule has 6 aromatic carbocycles. The molecule has 57 heavy (non-hydrogen) atoms. The Hall–Kier alpha value is -6.51. The van der Waals surface area contributed by atoms with Gasteiger partial charge in [-0.05, 0) is 70.3 Å². The van der Waals surface area contributed by atoms with Gasteiger partial charge in [0, 0.05) is 12.3 Å². The molecule has 8 nitrogen and oxygen atoms in total. The quantitative estimate of drug-likeness (QED) is 0.0548. The molecule has 8 heteroatoms. The average molecular weight is 758 g/mol. The van der Waals surface area contributed by atoms with E-state index in [0.29, 0.717) is 19.4 Å². The number of benzene rings is 6. The van der Waals surface area contributed by atoms with E-state index >= 15 is 0 Å². The number of carbonyl (C=O) groups excluding carboxylic acids is 2. The molecule has 6 aromatic rings. The van der Waals surface area contributed by atoms with Gasteiger partial charge in [-0.2, -0.15) is 0 Å². The van der Waals surface area contributed by atoms with Gasteiger partial charge in [-0.1, -0.05) is 170 Å². The largest absolute Gasteiger partial charge is 0.480 e. The highest BCUT2D eigenvalue weighted by molar-refractivity contribution is 5.89. The Kier molecular flexibility index (Phi) is 12.5. The van der Waals surface area contributed by atoms with Gasteiger partial charge in [0.1, 0.15) is 18.7 Å². The number of ether oxygens (including phenoxy) is 1. The van der Waals surface area contributed by atoms with Crippen molar-refractivity contribution < 1.29 is 24.2 Å². The Balaban J connectivity index is 1.000. The number of carboxylic acids is 1. The number of alkyl carbamates (subject to hydrolysis) is 1. The van der Waals surface area contributed by atoms with Crippen molar-refractivity contribution in [2.45, 2.75) is 49.2 Å². The van der Waals surface area contributed by atoms with Crippen LogP contribution in [-0.2, 0) is 26.3 Å². The maximum atomic E-state index is 13.8. The van der Waals surface area contributed by atoms with Gasteiger partial charge < -0.3 is 20.5 Å². The lowest BCUT2D eigenvalue weighted by Crippen LogP contribution is -2.52. The summed E-state index contributed by atoms with van der Waals surface area (Å²) in [6.45, 7) is 0.671. The van der Waals surface area contributed by atoms with Crippen molar-refractivity contribution in [2.24, 2.45) is 0 Å². The maximum Gasteiger partial charge on any atom is 0.407 e. The minimum Gasteiger partial charge on any atom is -0.480 e. The Labute approximate surface area is 333 Å². The SMILES string of the molecule is O=C(NC(Cc1ccccc1)C(=O)NC(CCCCNC(c1ccccc1)(c1ccccc1)c1ccccc1)C(=O)O)OCC1c2ccccc2-c2ccccc21. The van der Waals surface area contributed by atoms with E-state index in [4.69, 9.17) is 4.74 Å². The summed E-state index contributed by atoms with van der Waals surface area (Å²) in [7, 11) is 0. The van der Waals surface area contributed by atoms with E-state index in [2.05, 4.69) is 64.5 Å². The van der Waals surface area contributed by atoms with Crippen LogP contribution < -0.4 is 16.0 Å². The molecule has 288 valence electrons. The molecule has 0 bridgehead atoms. The minimum atomic E-state index is -1.15. The van der Waals surface area contributed by atoms with Crippen LogP contribution in [0.25, 0.3) is 11.1 Å². The Morgan fingerprint density at radius 1 is 0.579 bits per heavy atom. The van der Waals surface area contributed by atoms with Crippen LogP contribution in [0.4, 0.5) is 4.79 Å². The van der Waals surface area contributed by atoms with Crippen molar-refractivity contribution in [3.63, 3.8) is 0 Å². The normalized spacial score (nSPS) is 13.1. The van der Waals surface area contributed by atoms with Crippen LogP contribution in [0.2, 0.25) is 0 Å². The van der Waals surface area contributed by atoms with Crippen LogP contribution in [0, 0.1) is 0 Å². The summed E-state index contributed by atoms with van der Waals surface area (Å²) < 4.78 is 5.77. The summed E-state index contributed by atoms with van der Waals surface area (Å²) in [5, 5.41) is 19.5. The summed E-state index contributed by atoms with van der Waals surface area (Å²) in [6.07, 6.45) is 0.806. The third kappa shape index (κ3) is 8.98. The Morgan fingerprint density at radius 2 is 1.05 bits per heavy atom. The second kappa shape index (κ2) is 18.4. The zero-order chi connectivity index (χ0) is 39.5. The fourth-order valence-electron chi connectivity index (χ4n) is 7.99. The third-order valence-electron chi connectivity index (χ3n) is 10.8. The van der Waals surface area contributed by atoms with Crippen molar-refractivity contribution >= 4 is 18.0 Å².